The largest absolute Gasteiger partial charge is 0.352 e. The topological polar surface area (TPSA) is 66.5 Å². The minimum atomic E-state index is -0.468. The van der Waals surface area contributed by atoms with Gasteiger partial charge in [-0.05, 0) is 23.8 Å². The van der Waals surface area contributed by atoms with Gasteiger partial charge in [-0.25, -0.2) is 0 Å². The van der Waals surface area contributed by atoms with Crippen LogP contribution in [-0.2, 0) is 11.3 Å². The summed E-state index contributed by atoms with van der Waals surface area (Å²) in [7, 11) is 0. The van der Waals surface area contributed by atoms with Gasteiger partial charge in [-0.2, -0.15) is 0 Å². The Morgan fingerprint density at radius 2 is 1.68 bits per heavy atom. The van der Waals surface area contributed by atoms with E-state index in [0.717, 1.165) is 10.5 Å². The summed E-state index contributed by atoms with van der Waals surface area (Å²) in [4.78, 5) is 37.7. The zero-order chi connectivity index (χ0) is 18.0. The van der Waals surface area contributed by atoms with Gasteiger partial charge in [0.2, 0.25) is 5.91 Å². The highest BCUT2D eigenvalue weighted by molar-refractivity contribution is 6.37. The molecule has 1 heterocycles. The molecule has 0 aromatic heterocycles. The first-order valence-corrected chi connectivity index (χ1v) is 8.39. The second-order valence-electron chi connectivity index (χ2n) is 5.54. The van der Waals surface area contributed by atoms with Gasteiger partial charge in [-0.1, -0.05) is 47.5 Å². The van der Waals surface area contributed by atoms with Crippen molar-refractivity contribution in [3.05, 3.63) is 69.2 Å². The quantitative estimate of drug-likeness (QED) is 0.814. The van der Waals surface area contributed by atoms with Crippen LogP contribution < -0.4 is 5.32 Å². The minimum Gasteiger partial charge on any atom is -0.352 e. The van der Waals surface area contributed by atoms with Crippen LogP contribution in [0, 0.1) is 0 Å². The summed E-state index contributed by atoms with van der Waals surface area (Å²) in [5, 5.41) is 3.53. The number of nitrogens with one attached hydrogen (secondary N) is 1. The second-order valence-corrected chi connectivity index (χ2v) is 6.36. The Balaban J connectivity index is 1.58. The van der Waals surface area contributed by atoms with E-state index in [1.54, 1.807) is 30.3 Å². The van der Waals surface area contributed by atoms with Crippen molar-refractivity contribution in [2.75, 3.05) is 6.54 Å². The van der Waals surface area contributed by atoms with E-state index in [2.05, 4.69) is 5.32 Å². The number of fused-ring (bicyclic) bond motifs is 1. The van der Waals surface area contributed by atoms with E-state index in [1.165, 1.54) is 0 Å². The highest BCUT2D eigenvalue weighted by Gasteiger charge is 2.36. The fraction of sp³-hybridized carbons (Fsp3) is 0.167. The monoisotopic (exact) mass is 376 g/mol. The number of amides is 3. The molecule has 1 N–H and O–H groups in total. The molecule has 0 unspecified atom stereocenters. The first-order valence-electron chi connectivity index (χ1n) is 7.64. The molecule has 128 valence electrons. The molecule has 1 aliphatic rings. The van der Waals surface area contributed by atoms with Crippen LogP contribution in [0.2, 0.25) is 10.0 Å². The average Bonchev–Trinajstić information content (AvgIpc) is 2.84. The first-order chi connectivity index (χ1) is 12.0. The predicted molar refractivity (Wildman–Crippen MR) is 94.7 cm³/mol. The van der Waals surface area contributed by atoms with E-state index in [-0.39, 0.29) is 41.6 Å². The Bertz CT molecular complexity index is 867. The molecule has 0 spiro atoms. The predicted octanol–water partition coefficient (Wildman–Crippen LogP) is 3.30. The maximum absolute atomic E-state index is 12.3. The van der Waals surface area contributed by atoms with Crippen molar-refractivity contribution >= 4 is 40.9 Å². The van der Waals surface area contributed by atoms with Crippen molar-refractivity contribution in [1.29, 1.82) is 0 Å². The summed E-state index contributed by atoms with van der Waals surface area (Å²) in [5.41, 5.74) is 1.27. The molecule has 25 heavy (non-hydrogen) atoms. The molecule has 0 saturated carbocycles. The lowest BCUT2D eigenvalue weighted by Gasteiger charge is -2.13. The fourth-order valence-electron chi connectivity index (χ4n) is 2.63. The molecule has 0 atom stereocenters. The zero-order valence-electron chi connectivity index (χ0n) is 13.1. The molecule has 3 amide bonds. The molecule has 0 aliphatic carbocycles. The van der Waals surface area contributed by atoms with Crippen LogP contribution in [0.25, 0.3) is 0 Å². The molecule has 5 nitrogen and oxygen atoms in total. The van der Waals surface area contributed by atoms with E-state index in [9.17, 15) is 14.4 Å². The zero-order valence-corrected chi connectivity index (χ0v) is 14.6. The van der Waals surface area contributed by atoms with Gasteiger partial charge in [-0.3, -0.25) is 19.3 Å². The van der Waals surface area contributed by atoms with Gasteiger partial charge in [0.05, 0.1) is 16.1 Å². The molecule has 1 aliphatic heterocycles. The average molecular weight is 377 g/mol. The number of halogens is 2. The van der Waals surface area contributed by atoms with Crippen LogP contribution in [0.1, 0.15) is 32.7 Å². The molecule has 7 heteroatoms. The highest BCUT2D eigenvalue weighted by Crippen LogP contribution is 2.29. The third-order valence-corrected chi connectivity index (χ3v) is 4.63. The number of carbonyl (C=O) groups is 3. The van der Waals surface area contributed by atoms with Crippen molar-refractivity contribution in [1.82, 2.24) is 10.2 Å². The molecule has 0 saturated heterocycles. The molecular weight excluding hydrogens is 363 g/mol. The van der Waals surface area contributed by atoms with Gasteiger partial charge in [0.15, 0.2) is 0 Å². The molecule has 2 aromatic rings. The van der Waals surface area contributed by atoms with Crippen LogP contribution in [0.5, 0.6) is 0 Å². The van der Waals surface area contributed by atoms with Crippen LogP contribution in [0.4, 0.5) is 0 Å². The maximum Gasteiger partial charge on any atom is 0.263 e. The van der Waals surface area contributed by atoms with Gasteiger partial charge < -0.3 is 5.32 Å². The van der Waals surface area contributed by atoms with Crippen LogP contribution >= 0.6 is 23.2 Å². The van der Waals surface area contributed by atoms with Crippen molar-refractivity contribution < 1.29 is 14.4 Å². The van der Waals surface area contributed by atoms with Crippen molar-refractivity contribution in [2.45, 2.75) is 13.0 Å². The maximum atomic E-state index is 12.3. The second kappa shape index (κ2) is 7.25. The Hall–Kier alpha value is -2.37. The van der Waals surface area contributed by atoms with Crippen molar-refractivity contribution in [2.24, 2.45) is 0 Å². The Morgan fingerprint density at radius 3 is 2.40 bits per heavy atom. The highest BCUT2D eigenvalue weighted by atomic mass is 35.5. The molecule has 0 radical (unpaired) electrons. The third-order valence-electron chi connectivity index (χ3n) is 3.94. The van der Waals surface area contributed by atoms with Crippen molar-refractivity contribution in [3.63, 3.8) is 0 Å². The summed E-state index contributed by atoms with van der Waals surface area (Å²) in [5.74, 6) is -1.17. The van der Waals surface area contributed by atoms with E-state index >= 15 is 0 Å². The molecule has 3 rings (SSSR count). The Labute approximate surface area is 154 Å². The molecule has 0 fully saturated rings. The van der Waals surface area contributed by atoms with E-state index in [1.807, 2.05) is 12.1 Å². The molecule has 0 bridgehead atoms. The molecule has 2 aromatic carbocycles. The smallest absolute Gasteiger partial charge is 0.263 e. The van der Waals surface area contributed by atoms with Crippen LogP contribution in [0.3, 0.4) is 0 Å². The van der Waals surface area contributed by atoms with Crippen molar-refractivity contribution in [3.8, 4) is 0 Å². The molecular formula is C18H14Cl2N2O3. The number of benzene rings is 2. The van der Waals surface area contributed by atoms with Gasteiger partial charge in [-0.15, -0.1) is 0 Å². The normalized spacial score (nSPS) is 13.1. The lowest BCUT2D eigenvalue weighted by molar-refractivity contribution is -0.121. The van der Waals surface area contributed by atoms with Gasteiger partial charge in [0.1, 0.15) is 0 Å². The summed E-state index contributed by atoms with van der Waals surface area (Å²) >= 11 is 12.0. The summed E-state index contributed by atoms with van der Waals surface area (Å²) in [6.07, 6.45) is 0.00748. The van der Waals surface area contributed by atoms with Crippen LogP contribution in [-0.4, -0.2) is 29.2 Å². The summed E-state index contributed by atoms with van der Waals surface area (Å²) in [6, 6.07) is 11.9. The third kappa shape index (κ3) is 3.52. The van der Waals surface area contributed by atoms with Gasteiger partial charge >= 0.3 is 0 Å². The number of hydrogen-bond acceptors (Lipinski definition) is 3. The van der Waals surface area contributed by atoms with Gasteiger partial charge in [0.25, 0.3) is 11.8 Å². The number of nitrogens with zero attached hydrogens (tertiary/aromatic N) is 1. The number of hydrogen-bond donors (Lipinski definition) is 1. The number of imide groups is 1. The lowest BCUT2D eigenvalue weighted by atomic mass is 10.1. The summed E-state index contributed by atoms with van der Waals surface area (Å²) in [6.45, 7) is 0.281. The van der Waals surface area contributed by atoms with E-state index in [4.69, 9.17) is 23.2 Å². The van der Waals surface area contributed by atoms with E-state index < -0.39 is 11.8 Å². The number of carbonyl (C=O) groups excluding carboxylic acids is 3. The van der Waals surface area contributed by atoms with E-state index in [0.29, 0.717) is 5.02 Å². The van der Waals surface area contributed by atoms with Crippen LogP contribution in [0.15, 0.2) is 42.5 Å². The SMILES string of the molecule is O=C(CCN1C(=O)c2cccc(Cl)c2C1=O)NCc1ccccc1Cl. The van der Waals surface area contributed by atoms with Gasteiger partial charge in [0, 0.05) is 24.5 Å². The first kappa shape index (κ1) is 17.5. The Kier molecular flexibility index (Phi) is 5.06. The number of rotatable bonds is 5. The lowest BCUT2D eigenvalue weighted by Crippen LogP contribution is -2.34. The minimum absolute atomic E-state index is 0.00295. The Morgan fingerprint density at radius 1 is 0.960 bits per heavy atom. The fourth-order valence-corrected chi connectivity index (χ4v) is 3.09. The standard InChI is InChI=1S/C18H14Cl2N2O3/c19-13-6-2-1-4-11(13)10-21-15(23)8-9-22-17(24)12-5-3-7-14(20)16(12)18(22)25/h1-7H,8-10H2,(H,21,23). The summed E-state index contributed by atoms with van der Waals surface area (Å²) < 4.78 is 0.